The highest BCUT2D eigenvalue weighted by atomic mass is 35.5. The molecule has 92 valence electrons. The maximum atomic E-state index is 11.6. The maximum absolute atomic E-state index is 11.6. The summed E-state index contributed by atoms with van der Waals surface area (Å²) in [6.45, 7) is 0.774. The van der Waals surface area contributed by atoms with Crippen LogP contribution >= 0.6 is 12.4 Å². The van der Waals surface area contributed by atoms with Gasteiger partial charge in [0.25, 0.3) is 5.91 Å². The van der Waals surface area contributed by atoms with E-state index in [1.165, 1.54) is 0 Å². The minimum atomic E-state index is -0.545. The molecule has 0 fully saturated rings. The SMILES string of the molecule is Cl.NC(=O)CNC(=O)c1ccc2c(c1)CCN2. The van der Waals surface area contributed by atoms with E-state index in [-0.39, 0.29) is 24.9 Å². The van der Waals surface area contributed by atoms with Crippen molar-refractivity contribution in [1.82, 2.24) is 5.32 Å². The van der Waals surface area contributed by atoms with Gasteiger partial charge in [-0.2, -0.15) is 0 Å². The number of primary amides is 1. The molecule has 0 spiro atoms. The van der Waals surface area contributed by atoms with E-state index in [2.05, 4.69) is 10.6 Å². The smallest absolute Gasteiger partial charge is 0.251 e. The number of rotatable bonds is 3. The van der Waals surface area contributed by atoms with Crippen LogP contribution < -0.4 is 16.4 Å². The lowest BCUT2D eigenvalue weighted by Crippen LogP contribution is -2.33. The summed E-state index contributed by atoms with van der Waals surface area (Å²) in [6, 6.07) is 5.45. The van der Waals surface area contributed by atoms with Crippen LogP contribution in [0.2, 0.25) is 0 Å². The molecule has 1 aromatic rings. The van der Waals surface area contributed by atoms with E-state index in [1.807, 2.05) is 12.1 Å². The van der Waals surface area contributed by atoms with E-state index in [9.17, 15) is 9.59 Å². The Bertz CT molecular complexity index is 448. The Labute approximate surface area is 105 Å². The molecule has 1 heterocycles. The van der Waals surface area contributed by atoms with Gasteiger partial charge in [-0.1, -0.05) is 0 Å². The fourth-order valence-electron chi connectivity index (χ4n) is 1.72. The lowest BCUT2D eigenvalue weighted by Gasteiger charge is -2.05. The summed E-state index contributed by atoms with van der Waals surface area (Å²) >= 11 is 0. The van der Waals surface area contributed by atoms with Crippen molar-refractivity contribution >= 4 is 29.9 Å². The van der Waals surface area contributed by atoms with Gasteiger partial charge in [0.05, 0.1) is 6.54 Å². The third-order valence-electron chi connectivity index (χ3n) is 2.50. The highest BCUT2D eigenvalue weighted by molar-refractivity contribution is 5.97. The Morgan fingerprint density at radius 2 is 2.18 bits per heavy atom. The molecule has 17 heavy (non-hydrogen) atoms. The molecule has 0 aromatic heterocycles. The first-order valence-electron chi connectivity index (χ1n) is 5.10. The maximum Gasteiger partial charge on any atom is 0.251 e. The van der Waals surface area contributed by atoms with Crippen LogP contribution in [-0.2, 0) is 11.2 Å². The van der Waals surface area contributed by atoms with Crippen LogP contribution in [0.1, 0.15) is 15.9 Å². The molecule has 4 N–H and O–H groups in total. The summed E-state index contributed by atoms with van der Waals surface area (Å²) < 4.78 is 0. The van der Waals surface area contributed by atoms with E-state index in [1.54, 1.807) is 6.07 Å². The average Bonchev–Trinajstić information content (AvgIpc) is 2.72. The van der Waals surface area contributed by atoms with E-state index in [0.29, 0.717) is 5.56 Å². The largest absolute Gasteiger partial charge is 0.384 e. The lowest BCUT2D eigenvalue weighted by atomic mass is 10.1. The molecule has 0 bridgehead atoms. The number of amides is 2. The Hall–Kier alpha value is -1.75. The predicted molar refractivity (Wildman–Crippen MR) is 67.4 cm³/mol. The average molecular weight is 256 g/mol. The van der Waals surface area contributed by atoms with Crippen LogP contribution in [0, 0.1) is 0 Å². The van der Waals surface area contributed by atoms with Gasteiger partial charge in [-0.3, -0.25) is 9.59 Å². The van der Waals surface area contributed by atoms with Gasteiger partial charge in [0, 0.05) is 17.8 Å². The predicted octanol–water partition coefficient (Wildman–Crippen LogP) is 0.291. The Kier molecular flexibility index (Phi) is 4.34. The fourth-order valence-corrected chi connectivity index (χ4v) is 1.72. The Morgan fingerprint density at radius 1 is 1.41 bits per heavy atom. The van der Waals surface area contributed by atoms with Crippen LogP contribution in [0.15, 0.2) is 18.2 Å². The first-order valence-corrected chi connectivity index (χ1v) is 5.10. The second-order valence-electron chi connectivity index (χ2n) is 3.70. The Balaban J connectivity index is 0.00000144. The number of carbonyl (C=O) groups excluding carboxylic acids is 2. The molecule has 0 radical (unpaired) electrons. The van der Waals surface area contributed by atoms with Crippen LogP contribution in [0.3, 0.4) is 0 Å². The number of fused-ring (bicyclic) bond motifs is 1. The molecule has 0 aliphatic carbocycles. The fraction of sp³-hybridized carbons (Fsp3) is 0.273. The third kappa shape index (κ3) is 3.10. The van der Waals surface area contributed by atoms with Crippen molar-refractivity contribution in [2.75, 3.05) is 18.4 Å². The topological polar surface area (TPSA) is 84.2 Å². The zero-order valence-electron chi connectivity index (χ0n) is 9.16. The van der Waals surface area contributed by atoms with Crippen LogP contribution in [0.4, 0.5) is 5.69 Å². The van der Waals surface area contributed by atoms with E-state index in [0.717, 1.165) is 24.2 Å². The second kappa shape index (κ2) is 5.54. The van der Waals surface area contributed by atoms with Crippen molar-refractivity contribution in [1.29, 1.82) is 0 Å². The minimum Gasteiger partial charge on any atom is -0.384 e. The van der Waals surface area contributed by atoms with Crippen LogP contribution in [-0.4, -0.2) is 24.9 Å². The molecule has 6 heteroatoms. The van der Waals surface area contributed by atoms with Crippen molar-refractivity contribution in [3.05, 3.63) is 29.3 Å². The zero-order chi connectivity index (χ0) is 11.5. The normalized spacial score (nSPS) is 12.0. The van der Waals surface area contributed by atoms with Crippen LogP contribution in [0.5, 0.6) is 0 Å². The highest BCUT2D eigenvalue weighted by Gasteiger charge is 2.13. The van der Waals surface area contributed by atoms with Gasteiger partial charge in [0.1, 0.15) is 0 Å². The highest BCUT2D eigenvalue weighted by Crippen LogP contribution is 2.22. The minimum absolute atomic E-state index is 0. The second-order valence-corrected chi connectivity index (χ2v) is 3.70. The molecule has 2 rings (SSSR count). The van der Waals surface area contributed by atoms with Gasteiger partial charge in [0.15, 0.2) is 0 Å². The number of halogens is 1. The number of hydrogen-bond acceptors (Lipinski definition) is 3. The molecule has 0 saturated heterocycles. The number of hydrogen-bond donors (Lipinski definition) is 3. The third-order valence-corrected chi connectivity index (χ3v) is 2.50. The van der Waals surface area contributed by atoms with Gasteiger partial charge >= 0.3 is 0 Å². The number of nitrogens with two attached hydrogens (primary N) is 1. The molecule has 1 aliphatic rings. The molecule has 0 unspecified atom stereocenters. The van der Waals surface area contributed by atoms with Crippen molar-refractivity contribution in [3.63, 3.8) is 0 Å². The van der Waals surface area contributed by atoms with Crippen molar-refractivity contribution in [3.8, 4) is 0 Å². The molecule has 2 amide bonds. The van der Waals surface area contributed by atoms with Gasteiger partial charge in [0.2, 0.25) is 5.91 Å². The van der Waals surface area contributed by atoms with E-state index in [4.69, 9.17) is 5.73 Å². The van der Waals surface area contributed by atoms with Gasteiger partial charge in [-0.15, -0.1) is 12.4 Å². The summed E-state index contributed by atoms with van der Waals surface area (Å²) in [5.74, 6) is -0.815. The summed E-state index contributed by atoms with van der Waals surface area (Å²) in [5.41, 5.74) is 7.71. The summed E-state index contributed by atoms with van der Waals surface area (Å²) in [7, 11) is 0. The van der Waals surface area contributed by atoms with Crippen molar-refractivity contribution in [2.24, 2.45) is 5.73 Å². The van der Waals surface area contributed by atoms with Crippen LogP contribution in [0.25, 0.3) is 0 Å². The number of benzene rings is 1. The summed E-state index contributed by atoms with van der Waals surface area (Å²) in [4.78, 5) is 22.1. The molecule has 0 saturated carbocycles. The monoisotopic (exact) mass is 255 g/mol. The van der Waals surface area contributed by atoms with E-state index < -0.39 is 5.91 Å². The standard InChI is InChI=1S/C11H13N3O2.ClH/c12-10(15)6-14-11(16)8-1-2-9-7(5-8)3-4-13-9;/h1-2,5,13H,3-4,6H2,(H2,12,15)(H,14,16);1H. The van der Waals surface area contributed by atoms with Crippen molar-refractivity contribution < 1.29 is 9.59 Å². The van der Waals surface area contributed by atoms with Gasteiger partial charge in [-0.05, 0) is 30.2 Å². The quantitative estimate of drug-likeness (QED) is 0.726. The first kappa shape index (κ1) is 13.3. The number of anilines is 1. The molecule has 0 atom stereocenters. The molecular formula is C11H14ClN3O2. The molecular weight excluding hydrogens is 242 g/mol. The first-order chi connectivity index (χ1) is 7.66. The zero-order valence-corrected chi connectivity index (χ0v) is 9.97. The molecule has 5 nitrogen and oxygen atoms in total. The number of nitrogens with one attached hydrogen (secondary N) is 2. The Morgan fingerprint density at radius 3 is 2.88 bits per heavy atom. The van der Waals surface area contributed by atoms with Gasteiger partial charge < -0.3 is 16.4 Å². The summed E-state index contributed by atoms with van der Waals surface area (Å²) in [6.07, 6.45) is 0.923. The van der Waals surface area contributed by atoms with E-state index >= 15 is 0 Å². The number of carbonyl (C=O) groups is 2. The lowest BCUT2D eigenvalue weighted by molar-refractivity contribution is -0.117. The molecule has 1 aromatic carbocycles. The summed E-state index contributed by atoms with van der Waals surface area (Å²) in [5, 5.41) is 5.67. The van der Waals surface area contributed by atoms with Crippen molar-refractivity contribution in [2.45, 2.75) is 6.42 Å². The molecule has 1 aliphatic heterocycles. The van der Waals surface area contributed by atoms with Gasteiger partial charge in [-0.25, -0.2) is 0 Å².